The summed E-state index contributed by atoms with van der Waals surface area (Å²) in [6.45, 7) is 0.568. The Balaban J connectivity index is 1.63. The van der Waals surface area contributed by atoms with Gasteiger partial charge in [0.2, 0.25) is 10.0 Å². The Morgan fingerprint density at radius 2 is 2.17 bits per heavy atom. The summed E-state index contributed by atoms with van der Waals surface area (Å²) in [7, 11) is -3.33. The number of nitrogens with zero attached hydrogens (tertiary/aromatic N) is 7. The van der Waals surface area contributed by atoms with Crippen LogP contribution in [0.3, 0.4) is 0 Å². The maximum Gasteiger partial charge on any atom is 0.328 e. The van der Waals surface area contributed by atoms with Crippen molar-refractivity contribution in [3.8, 4) is 17.5 Å². The topological polar surface area (TPSA) is 142 Å². The number of fused-ring (bicyclic) bond motifs is 2. The van der Waals surface area contributed by atoms with Gasteiger partial charge in [-0.15, -0.1) is 0 Å². The fraction of sp³-hybridized carbons (Fsp3) is 0.278. The van der Waals surface area contributed by atoms with Crippen LogP contribution in [0.5, 0.6) is 0 Å². The zero-order valence-corrected chi connectivity index (χ0v) is 16.7. The molecule has 12 heteroatoms. The average Bonchev–Trinajstić information content (AvgIpc) is 3.42. The molecule has 1 aliphatic heterocycles. The molecule has 1 saturated heterocycles. The molecule has 11 nitrogen and oxygen atoms in total. The Labute approximate surface area is 170 Å². The van der Waals surface area contributed by atoms with Crippen molar-refractivity contribution >= 4 is 26.7 Å². The lowest BCUT2D eigenvalue weighted by Crippen LogP contribution is -2.30. The van der Waals surface area contributed by atoms with Gasteiger partial charge in [-0.25, -0.2) is 32.0 Å². The molecular weight excluding hydrogens is 408 g/mol. The van der Waals surface area contributed by atoms with E-state index in [9.17, 15) is 18.5 Å². The second kappa shape index (κ2) is 6.48. The van der Waals surface area contributed by atoms with E-state index in [1.165, 1.54) is 15.1 Å². The minimum atomic E-state index is -3.33. The van der Waals surface area contributed by atoms with Gasteiger partial charge < -0.3 is 4.98 Å². The minimum absolute atomic E-state index is 0.216. The number of hydrogen-bond acceptors (Lipinski definition) is 7. The van der Waals surface area contributed by atoms with E-state index in [0.717, 1.165) is 6.26 Å². The third kappa shape index (κ3) is 2.87. The molecule has 0 aliphatic carbocycles. The highest BCUT2D eigenvalue weighted by molar-refractivity contribution is 7.88. The van der Waals surface area contributed by atoms with Crippen LogP contribution in [0.1, 0.15) is 18.0 Å². The van der Waals surface area contributed by atoms with Gasteiger partial charge in [0.25, 0.3) is 0 Å². The van der Waals surface area contributed by atoms with Crippen LogP contribution in [0.4, 0.5) is 0 Å². The second-order valence-electron chi connectivity index (χ2n) is 7.21. The van der Waals surface area contributed by atoms with Gasteiger partial charge in [0.1, 0.15) is 5.52 Å². The van der Waals surface area contributed by atoms with Gasteiger partial charge in [0.15, 0.2) is 11.5 Å². The highest BCUT2D eigenvalue weighted by atomic mass is 32.2. The summed E-state index contributed by atoms with van der Waals surface area (Å²) in [4.78, 5) is 24.3. The molecule has 1 atom stereocenters. The third-order valence-electron chi connectivity index (χ3n) is 5.31. The smallest absolute Gasteiger partial charge is 0.303 e. The van der Waals surface area contributed by atoms with Crippen LogP contribution in [0.25, 0.3) is 28.1 Å². The monoisotopic (exact) mass is 424 g/mol. The van der Waals surface area contributed by atoms with Crippen molar-refractivity contribution in [2.45, 2.75) is 12.5 Å². The maximum atomic E-state index is 12.6. The lowest BCUT2D eigenvalue weighted by atomic mass is 10.2. The summed E-state index contributed by atoms with van der Waals surface area (Å²) in [6, 6.07) is 5.13. The highest BCUT2D eigenvalue weighted by Gasteiger charge is 2.32. The van der Waals surface area contributed by atoms with E-state index in [4.69, 9.17) is 0 Å². The van der Waals surface area contributed by atoms with Gasteiger partial charge in [0, 0.05) is 19.3 Å². The van der Waals surface area contributed by atoms with E-state index in [0.29, 0.717) is 46.6 Å². The molecule has 0 amide bonds. The number of hydrogen-bond donors (Lipinski definition) is 1. The molecule has 0 spiro atoms. The summed E-state index contributed by atoms with van der Waals surface area (Å²) in [6.07, 6.45) is 6.49. The van der Waals surface area contributed by atoms with Gasteiger partial charge in [0.05, 0.1) is 47.4 Å². The zero-order valence-electron chi connectivity index (χ0n) is 15.8. The number of imidazole rings is 1. The van der Waals surface area contributed by atoms with Gasteiger partial charge in [-0.2, -0.15) is 10.4 Å². The van der Waals surface area contributed by atoms with Crippen LogP contribution in [-0.4, -0.2) is 61.2 Å². The van der Waals surface area contributed by atoms with Crippen molar-refractivity contribution in [1.82, 2.24) is 33.4 Å². The number of pyridine rings is 1. The largest absolute Gasteiger partial charge is 0.328 e. The number of aromatic nitrogens is 6. The Hall–Kier alpha value is -3.56. The van der Waals surface area contributed by atoms with Crippen LogP contribution in [0.2, 0.25) is 0 Å². The summed E-state index contributed by atoms with van der Waals surface area (Å²) >= 11 is 0. The normalized spacial score (nSPS) is 17.7. The van der Waals surface area contributed by atoms with Crippen LogP contribution in [-0.2, 0) is 10.0 Å². The molecule has 0 aromatic carbocycles. The van der Waals surface area contributed by atoms with Crippen LogP contribution in [0.15, 0.2) is 35.5 Å². The molecule has 5 rings (SSSR count). The van der Waals surface area contributed by atoms with E-state index in [2.05, 4.69) is 26.1 Å². The molecule has 30 heavy (non-hydrogen) atoms. The molecule has 0 unspecified atom stereocenters. The number of rotatable bonds is 3. The first-order valence-corrected chi connectivity index (χ1v) is 11.0. The molecule has 0 saturated carbocycles. The highest BCUT2D eigenvalue weighted by Crippen LogP contribution is 2.27. The van der Waals surface area contributed by atoms with E-state index < -0.39 is 10.0 Å². The molecular formula is C18H16N8O3S. The molecule has 0 bridgehead atoms. The van der Waals surface area contributed by atoms with E-state index in [-0.39, 0.29) is 18.3 Å². The standard InChI is InChI=1S/C18H16N8O3S/c1-30(28,29)24-4-3-12(10-24)26-17-14(22-18(26)27)9-20-16(23-17)13-8-21-25-5-2-11(7-19)6-15(13)25/h2,5-6,8-9,12H,3-4,10H2,1H3,(H,22,27)/t12-/m1/s1. The van der Waals surface area contributed by atoms with Crippen molar-refractivity contribution in [3.05, 3.63) is 46.8 Å². The molecule has 1 fully saturated rings. The fourth-order valence-corrected chi connectivity index (χ4v) is 4.71. The van der Waals surface area contributed by atoms with E-state index in [1.54, 1.807) is 29.0 Å². The van der Waals surface area contributed by atoms with Crippen molar-refractivity contribution in [1.29, 1.82) is 5.26 Å². The molecule has 1 N–H and O–H groups in total. The summed E-state index contributed by atoms with van der Waals surface area (Å²) in [5.74, 6) is 0.360. The lowest BCUT2D eigenvalue weighted by Gasteiger charge is -2.14. The van der Waals surface area contributed by atoms with Crippen LogP contribution < -0.4 is 5.69 Å². The molecule has 4 aromatic rings. The Morgan fingerprint density at radius 3 is 2.90 bits per heavy atom. The summed E-state index contributed by atoms with van der Waals surface area (Å²) < 4.78 is 28.2. The van der Waals surface area contributed by atoms with Crippen LogP contribution >= 0.6 is 0 Å². The minimum Gasteiger partial charge on any atom is -0.303 e. The maximum absolute atomic E-state index is 12.6. The van der Waals surface area contributed by atoms with Crippen molar-refractivity contribution in [2.75, 3.05) is 19.3 Å². The predicted molar refractivity (Wildman–Crippen MR) is 107 cm³/mol. The van der Waals surface area contributed by atoms with Crippen LogP contribution in [0, 0.1) is 11.3 Å². The molecule has 1 aliphatic rings. The third-order valence-corrected chi connectivity index (χ3v) is 6.58. The van der Waals surface area contributed by atoms with E-state index in [1.807, 2.05) is 0 Å². The number of H-pyrrole nitrogens is 1. The van der Waals surface area contributed by atoms with Crippen molar-refractivity contribution < 1.29 is 8.42 Å². The zero-order chi connectivity index (χ0) is 21.0. The van der Waals surface area contributed by atoms with E-state index >= 15 is 0 Å². The quantitative estimate of drug-likeness (QED) is 0.505. The second-order valence-corrected chi connectivity index (χ2v) is 9.19. The first-order chi connectivity index (χ1) is 14.3. The Morgan fingerprint density at radius 1 is 1.33 bits per heavy atom. The molecule has 152 valence electrons. The van der Waals surface area contributed by atoms with Crippen molar-refractivity contribution in [3.63, 3.8) is 0 Å². The summed E-state index contributed by atoms with van der Waals surface area (Å²) in [5, 5.41) is 13.4. The van der Waals surface area contributed by atoms with Gasteiger partial charge >= 0.3 is 5.69 Å². The Bertz CT molecular complexity index is 1510. The first-order valence-electron chi connectivity index (χ1n) is 9.15. The number of nitrogens with one attached hydrogen (secondary N) is 1. The van der Waals surface area contributed by atoms with Crippen molar-refractivity contribution in [2.24, 2.45) is 0 Å². The number of aromatic amines is 1. The average molecular weight is 424 g/mol. The molecule has 4 aromatic heterocycles. The van der Waals surface area contributed by atoms with Gasteiger partial charge in [-0.1, -0.05) is 0 Å². The SMILES string of the molecule is CS(=O)(=O)N1CC[C@@H](n2c(=O)[nH]c3cnc(-c4cnn5ccc(C#N)cc45)nc32)C1. The fourth-order valence-electron chi connectivity index (χ4n) is 3.83. The molecule has 0 radical (unpaired) electrons. The van der Waals surface area contributed by atoms with Gasteiger partial charge in [-0.05, 0) is 18.6 Å². The number of nitriles is 1. The molecule has 5 heterocycles. The lowest BCUT2D eigenvalue weighted by molar-refractivity contribution is 0.455. The first kappa shape index (κ1) is 18.5. The predicted octanol–water partition coefficient (Wildman–Crippen LogP) is 0.512. The van der Waals surface area contributed by atoms with Gasteiger partial charge in [-0.3, -0.25) is 4.57 Å². The summed E-state index contributed by atoms with van der Waals surface area (Å²) in [5.41, 5.74) is 2.29. The Kier molecular flexibility index (Phi) is 3.99. The number of sulfonamides is 1.